The van der Waals surface area contributed by atoms with Gasteiger partial charge in [0.1, 0.15) is 11.6 Å². The molecule has 0 saturated heterocycles. The zero-order valence-electron chi connectivity index (χ0n) is 11.8. The van der Waals surface area contributed by atoms with Crippen molar-refractivity contribution in [3.05, 3.63) is 59.2 Å². The van der Waals surface area contributed by atoms with E-state index in [1.54, 1.807) is 12.1 Å². The number of nitrogen functional groups attached to an aromatic ring is 1. The Morgan fingerprint density at radius 2 is 1.71 bits per heavy atom. The topological polar surface area (TPSA) is 55.1 Å². The van der Waals surface area contributed by atoms with Gasteiger partial charge in [-0.05, 0) is 29.7 Å². The number of nitrogens with two attached hydrogens (primary N) is 1. The number of carbonyl (C=O) groups is 1. The maximum absolute atomic E-state index is 13.6. The number of hydrogen-bond acceptors (Lipinski definition) is 2. The SMILES string of the molecule is CC(C)c1ccc(C(=O)Nc2cc(N)c(F)cc2F)cc1. The van der Waals surface area contributed by atoms with E-state index in [4.69, 9.17) is 5.73 Å². The van der Waals surface area contributed by atoms with Crippen molar-refractivity contribution >= 4 is 17.3 Å². The quantitative estimate of drug-likeness (QED) is 0.842. The molecule has 5 heteroatoms. The Morgan fingerprint density at radius 1 is 1.10 bits per heavy atom. The molecule has 0 unspecified atom stereocenters. The first kappa shape index (κ1) is 15.0. The van der Waals surface area contributed by atoms with E-state index in [-0.39, 0.29) is 11.4 Å². The molecule has 0 atom stereocenters. The second kappa shape index (κ2) is 5.91. The predicted octanol–water partition coefficient (Wildman–Crippen LogP) is 3.92. The Labute approximate surface area is 121 Å². The van der Waals surface area contributed by atoms with Gasteiger partial charge in [0.2, 0.25) is 0 Å². The minimum Gasteiger partial charge on any atom is -0.396 e. The average Bonchev–Trinajstić information content (AvgIpc) is 2.44. The van der Waals surface area contributed by atoms with Crippen molar-refractivity contribution in [1.29, 1.82) is 0 Å². The van der Waals surface area contributed by atoms with Crippen molar-refractivity contribution in [1.82, 2.24) is 0 Å². The molecule has 21 heavy (non-hydrogen) atoms. The summed E-state index contributed by atoms with van der Waals surface area (Å²) in [5.41, 5.74) is 6.49. The first-order chi connectivity index (χ1) is 9.88. The number of amides is 1. The molecule has 0 radical (unpaired) electrons. The van der Waals surface area contributed by atoms with Crippen LogP contribution in [0.1, 0.15) is 35.7 Å². The summed E-state index contributed by atoms with van der Waals surface area (Å²) in [6.45, 7) is 4.09. The molecule has 0 saturated carbocycles. The van der Waals surface area contributed by atoms with Gasteiger partial charge in [0.15, 0.2) is 0 Å². The normalized spacial score (nSPS) is 10.7. The summed E-state index contributed by atoms with van der Waals surface area (Å²) >= 11 is 0. The molecule has 2 rings (SSSR count). The molecular weight excluding hydrogens is 274 g/mol. The number of anilines is 2. The van der Waals surface area contributed by atoms with Gasteiger partial charge in [0.25, 0.3) is 5.91 Å². The Hall–Kier alpha value is -2.43. The Kier molecular flexibility index (Phi) is 4.21. The lowest BCUT2D eigenvalue weighted by Crippen LogP contribution is -2.13. The molecule has 0 aliphatic carbocycles. The van der Waals surface area contributed by atoms with Crippen molar-refractivity contribution in [2.24, 2.45) is 0 Å². The molecule has 3 nitrogen and oxygen atoms in total. The highest BCUT2D eigenvalue weighted by Gasteiger charge is 2.12. The van der Waals surface area contributed by atoms with E-state index >= 15 is 0 Å². The van der Waals surface area contributed by atoms with Crippen LogP contribution in [0.25, 0.3) is 0 Å². The maximum Gasteiger partial charge on any atom is 0.255 e. The van der Waals surface area contributed by atoms with Crippen LogP contribution in [0.5, 0.6) is 0 Å². The second-order valence-corrected chi connectivity index (χ2v) is 5.08. The van der Waals surface area contributed by atoms with Gasteiger partial charge in [-0.1, -0.05) is 26.0 Å². The van der Waals surface area contributed by atoms with Crippen molar-refractivity contribution in [3.8, 4) is 0 Å². The molecule has 0 heterocycles. The largest absolute Gasteiger partial charge is 0.396 e. The Bertz CT molecular complexity index is 667. The fraction of sp³-hybridized carbons (Fsp3) is 0.188. The van der Waals surface area contributed by atoms with Crippen molar-refractivity contribution in [3.63, 3.8) is 0 Å². The van der Waals surface area contributed by atoms with Gasteiger partial charge in [-0.3, -0.25) is 4.79 Å². The average molecular weight is 290 g/mol. The summed E-state index contributed by atoms with van der Waals surface area (Å²) in [6, 6.07) is 8.71. The number of nitrogens with one attached hydrogen (secondary N) is 1. The predicted molar refractivity (Wildman–Crippen MR) is 79.3 cm³/mol. The van der Waals surface area contributed by atoms with Crippen LogP contribution in [-0.2, 0) is 0 Å². The molecule has 2 aromatic carbocycles. The molecule has 0 bridgehead atoms. The number of halogens is 2. The number of benzene rings is 2. The van der Waals surface area contributed by atoms with Crippen LogP contribution in [0.2, 0.25) is 0 Å². The molecule has 1 amide bonds. The third-order valence-corrected chi connectivity index (χ3v) is 3.17. The van der Waals surface area contributed by atoms with Gasteiger partial charge in [-0.2, -0.15) is 0 Å². The van der Waals surface area contributed by atoms with E-state index in [0.717, 1.165) is 11.6 Å². The summed E-state index contributed by atoms with van der Waals surface area (Å²) in [5.74, 6) is -1.84. The minimum atomic E-state index is -0.867. The van der Waals surface area contributed by atoms with E-state index < -0.39 is 17.5 Å². The van der Waals surface area contributed by atoms with Crippen molar-refractivity contribution < 1.29 is 13.6 Å². The van der Waals surface area contributed by atoms with Crippen LogP contribution in [0.15, 0.2) is 36.4 Å². The molecule has 110 valence electrons. The molecule has 0 spiro atoms. The van der Waals surface area contributed by atoms with Gasteiger partial charge in [0.05, 0.1) is 11.4 Å². The number of rotatable bonds is 3. The lowest BCUT2D eigenvalue weighted by atomic mass is 10.0. The molecular formula is C16H16F2N2O. The van der Waals surface area contributed by atoms with Gasteiger partial charge in [-0.25, -0.2) is 8.78 Å². The lowest BCUT2D eigenvalue weighted by Gasteiger charge is -2.09. The number of carbonyl (C=O) groups excluding carboxylic acids is 1. The third-order valence-electron chi connectivity index (χ3n) is 3.17. The van der Waals surface area contributed by atoms with Crippen LogP contribution >= 0.6 is 0 Å². The van der Waals surface area contributed by atoms with Crippen LogP contribution in [0, 0.1) is 11.6 Å². The summed E-state index contributed by atoms with van der Waals surface area (Å²) in [5, 5.41) is 2.38. The fourth-order valence-corrected chi connectivity index (χ4v) is 1.88. The zero-order valence-corrected chi connectivity index (χ0v) is 11.8. The minimum absolute atomic E-state index is 0.146. The van der Waals surface area contributed by atoms with E-state index in [2.05, 4.69) is 5.32 Å². The molecule has 2 aromatic rings. The third kappa shape index (κ3) is 3.37. The molecule has 0 fully saturated rings. The number of hydrogen-bond donors (Lipinski definition) is 2. The van der Waals surface area contributed by atoms with Gasteiger partial charge in [0, 0.05) is 11.6 Å². The van der Waals surface area contributed by atoms with Crippen molar-refractivity contribution in [2.75, 3.05) is 11.1 Å². The molecule has 0 aliphatic heterocycles. The van der Waals surface area contributed by atoms with Crippen LogP contribution < -0.4 is 11.1 Å². The van der Waals surface area contributed by atoms with E-state index in [9.17, 15) is 13.6 Å². The molecule has 3 N–H and O–H groups in total. The first-order valence-electron chi connectivity index (χ1n) is 6.54. The first-order valence-corrected chi connectivity index (χ1v) is 6.54. The highest BCUT2D eigenvalue weighted by Crippen LogP contribution is 2.22. The highest BCUT2D eigenvalue weighted by molar-refractivity contribution is 6.04. The Morgan fingerprint density at radius 3 is 2.29 bits per heavy atom. The smallest absolute Gasteiger partial charge is 0.255 e. The summed E-state index contributed by atoms with van der Waals surface area (Å²) in [4.78, 5) is 12.0. The standard InChI is InChI=1S/C16H16F2N2O/c1-9(2)10-3-5-11(6-4-10)16(21)20-15-8-14(19)12(17)7-13(15)18/h3-9H,19H2,1-2H3,(H,20,21). The van der Waals surface area contributed by atoms with E-state index in [0.29, 0.717) is 17.5 Å². The van der Waals surface area contributed by atoms with E-state index in [1.165, 1.54) is 0 Å². The van der Waals surface area contributed by atoms with Gasteiger partial charge < -0.3 is 11.1 Å². The second-order valence-electron chi connectivity index (χ2n) is 5.08. The van der Waals surface area contributed by atoms with Crippen LogP contribution in [-0.4, -0.2) is 5.91 Å². The molecule has 0 aliphatic rings. The lowest BCUT2D eigenvalue weighted by molar-refractivity contribution is 0.102. The fourth-order valence-electron chi connectivity index (χ4n) is 1.88. The highest BCUT2D eigenvalue weighted by atomic mass is 19.1. The van der Waals surface area contributed by atoms with Gasteiger partial charge >= 0.3 is 0 Å². The van der Waals surface area contributed by atoms with Crippen LogP contribution in [0.4, 0.5) is 20.2 Å². The monoisotopic (exact) mass is 290 g/mol. The van der Waals surface area contributed by atoms with Crippen LogP contribution in [0.3, 0.4) is 0 Å². The Balaban J connectivity index is 2.20. The van der Waals surface area contributed by atoms with Gasteiger partial charge in [-0.15, -0.1) is 0 Å². The zero-order chi connectivity index (χ0) is 15.6. The van der Waals surface area contributed by atoms with Crippen molar-refractivity contribution in [2.45, 2.75) is 19.8 Å². The van der Waals surface area contributed by atoms with E-state index in [1.807, 2.05) is 26.0 Å². The summed E-state index contributed by atoms with van der Waals surface area (Å²) < 4.78 is 26.6. The molecule has 0 aromatic heterocycles. The summed E-state index contributed by atoms with van der Waals surface area (Å²) in [7, 11) is 0. The maximum atomic E-state index is 13.6. The summed E-state index contributed by atoms with van der Waals surface area (Å²) in [6.07, 6.45) is 0.